The third-order valence-electron chi connectivity index (χ3n) is 3.49. The van der Waals surface area contributed by atoms with Gasteiger partial charge in [0.1, 0.15) is 17.3 Å². The fraction of sp³-hybridized carbons (Fsp3) is 0.250. The van der Waals surface area contributed by atoms with Gasteiger partial charge in [0.25, 0.3) is 5.91 Å². The van der Waals surface area contributed by atoms with Gasteiger partial charge in [0.2, 0.25) is 0 Å². The van der Waals surface area contributed by atoms with E-state index in [2.05, 4.69) is 10.3 Å². The van der Waals surface area contributed by atoms with Gasteiger partial charge >= 0.3 is 0 Å². The normalized spacial score (nSPS) is 14.6. The minimum atomic E-state index is -0.706. The van der Waals surface area contributed by atoms with E-state index >= 15 is 0 Å². The third kappa shape index (κ3) is 3.62. The molecule has 0 spiro atoms. The maximum Gasteiger partial charge on any atom is 0.272 e. The summed E-state index contributed by atoms with van der Waals surface area (Å²) in [5.41, 5.74) is 0.893. The zero-order chi connectivity index (χ0) is 16.2. The molecule has 2 heterocycles. The van der Waals surface area contributed by atoms with Crippen molar-refractivity contribution in [1.82, 2.24) is 9.88 Å². The van der Waals surface area contributed by atoms with Crippen molar-refractivity contribution in [3.8, 4) is 0 Å². The number of carbonyl (C=O) groups is 1. The number of anilines is 2. The van der Waals surface area contributed by atoms with Crippen molar-refractivity contribution in [2.75, 3.05) is 31.6 Å². The molecule has 0 unspecified atom stereocenters. The molecule has 0 atom stereocenters. The summed E-state index contributed by atoms with van der Waals surface area (Å²) in [5.74, 6) is -1.55. The fourth-order valence-electron chi connectivity index (χ4n) is 2.30. The van der Waals surface area contributed by atoms with E-state index < -0.39 is 11.6 Å². The molecule has 1 fully saturated rings. The Morgan fingerprint density at radius 1 is 1.17 bits per heavy atom. The molecule has 0 bridgehead atoms. The van der Waals surface area contributed by atoms with Crippen LogP contribution in [0.2, 0.25) is 0 Å². The van der Waals surface area contributed by atoms with Gasteiger partial charge < -0.3 is 15.0 Å². The van der Waals surface area contributed by atoms with Crippen LogP contribution in [0.25, 0.3) is 0 Å². The molecular formula is C16H15F2N3O2. The number of aromatic nitrogens is 1. The molecule has 1 N–H and O–H groups in total. The number of benzene rings is 1. The molecular weight excluding hydrogens is 304 g/mol. The summed E-state index contributed by atoms with van der Waals surface area (Å²) in [6, 6.07) is 6.41. The highest BCUT2D eigenvalue weighted by Gasteiger charge is 2.19. The molecule has 1 aromatic carbocycles. The maximum absolute atomic E-state index is 13.7. The van der Waals surface area contributed by atoms with Crippen molar-refractivity contribution in [2.45, 2.75) is 0 Å². The number of hydrogen-bond acceptors (Lipinski definition) is 4. The number of morpholine rings is 1. The van der Waals surface area contributed by atoms with E-state index in [1.807, 2.05) is 0 Å². The van der Waals surface area contributed by atoms with E-state index in [9.17, 15) is 13.6 Å². The standard InChI is InChI=1S/C16H15F2N3O2/c17-11-1-2-14(13(18)9-11)20-12-3-4-19-15(10-12)16(22)21-5-7-23-8-6-21/h1-4,9-10H,5-8H2,(H,19,20). The smallest absolute Gasteiger partial charge is 0.272 e. The molecule has 1 saturated heterocycles. The van der Waals surface area contributed by atoms with Gasteiger partial charge in [0.05, 0.1) is 18.9 Å². The highest BCUT2D eigenvalue weighted by molar-refractivity contribution is 5.93. The van der Waals surface area contributed by atoms with Crippen LogP contribution in [0.15, 0.2) is 36.5 Å². The van der Waals surface area contributed by atoms with Crippen LogP contribution < -0.4 is 5.32 Å². The Morgan fingerprint density at radius 2 is 1.96 bits per heavy atom. The van der Waals surface area contributed by atoms with Crippen molar-refractivity contribution in [3.63, 3.8) is 0 Å². The van der Waals surface area contributed by atoms with Gasteiger partial charge in [-0.2, -0.15) is 0 Å². The highest BCUT2D eigenvalue weighted by Crippen LogP contribution is 2.21. The first-order valence-electron chi connectivity index (χ1n) is 7.18. The molecule has 7 heteroatoms. The summed E-state index contributed by atoms with van der Waals surface area (Å²) < 4.78 is 31.8. The summed E-state index contributed by atoms with van der Waals surface area (Å²) in [5, 5.41) is 2.82. The van der Waals surface area contributed by atoms with E-state index in [1.165, 1.54) is 12.3 Å². The number of pyridine rings is 1. The molecule has 2 aromatic rings. The van der Waals surface area contributed by atoms with E-state index in [0.717, 1.165) is 12.1 Å². The second kappa shape index (κ2) is 6.70. The van der Waals surface area contributed by atoms with Crippen LogP contribution in [0.3, 0.4) is 0 Å². The van der Waals surface area contributed by atoms with Crippen LogP contribution in [0.4, 0.5) is 20.2 Å². The van der Waals surface area contributed by atoms with Crippen LogP contribution in [-0.2, 0) is 4.74 Å². The van der Waals surface area contributed by atoms with Crippen LogP contribution >= 0.6 is 0 Å². The molecule has 1 aliphatic rings. The van der Waals surface area contributed by atoms with Crippen LogP contribution in [0.5, 0.6) is 0 Å². The summed E-state index contributed by atoms with van der Waals surface area (Å²) >= 11 is 0. The Balaban J connectivity index is 1.78. The molecule has 5 nitrogen and oxygen atoms in total. The number of carbonyl (C=O) groups excluding carboxylic acids is 1. The molecule has 0 aliphatic carbocycles. The Labute approximate surface area is 131 Å². The highest BCUT2D eigenvalue weighted by atomic mass is 19.1. The van der Waals surface area contributed by atoms with Crippen molar-refractivity contribution >= 4 is 17.3 Å². The van der Waals surface area contributed by atoms with Crippen molar-refractivity contribution in [3.05, 3.63) is 53.9 Å². The summed E-state index contributed by atoms with van der Waals surface area (Å²) in [7, 11) is 0. The van der Waals surface area contributed by atoms with Crippen molar-refractivity contribution in [1.29, 1.82) is 0 Å². The van der Waals surface area contributed by atoms with Gasteiger partial charge in [-0.1, -0.05) is 0 Å². The van der Waals surface area contributed by atoms with Gasteiger partial charge in [-0.05, 0) is 24.3 Å². The third-order valence-corrected chi connectivity index (χ3v) is 3.49. The number of ether oxygens (including phenoxy) is 1. The maximum atomic E-state index is 13.7. The minimum absolute atomic E-state index is 0.127. The average molecular weight is 319 g/mol. The largest absolute Gasteiger partial charge is 0.378 e. The molecule has 120 valence electrons. The predicted octanol–water partition coefficient (Wildman–Crippen LogP) is 2.58. The van der Waals surface area contributed by atoms with Gasteiger partial charge in [-0.15, -0.1) is 0 Å². The first-order chi connectivity index (χ1) is 11.1. The average Bonchev–Trinajstić information content (AvgIpc) is 2.58. The number of nitrogens with zero attached hydrogens (tertiary/aromatic N) is 2. The lowest BCUT2D eigenvalue weighted by Crippen LogP contribution is -2.41. The van der Waals surface area contributed by atoms with Crippen LogP contribution in [-0.4, -0.2) is 42.1 Å². The Kier molecular flexibility index (Phi) is 4.47. The number of rotatable bonds is 3. The van der Waals surface area contributed by atoms with Crippen molar-refractivity contribution < 1.29 is 18.3 Å². The Bertz CT molecular complexity index is 718. The lowest BCUT2D eigenvalue weighted by Gasteiger charge is -2.26. The summed E-state index contributed by atoms with van der Waals surface area (Å²) in [6.07, 6.45) is 1.47. The van der Waals surface area contributed by atoms with Crippen LogP contribution in [0, 0.1) is 11.6 Å². The zero-order valence-corrected chi connectivity index (χ0v) is 12.3. The zero-order valence-electron chi connectivity index (χ0n) is 12.3. The van der Waals surface area contributed by atoms with E-state index in [-0.39, 0.29) is 17.3 Å². The van der Waals surface area contributed by atoms with E-state index in [0.29, 0.717) is 32.0 Å². The van der Waals surface area contributed by atoms with E-state index in [4.69, 9.17) is 4.74 Å². The number of halogens is 2. The van der Waals surface area contributed by atoms with Crippen LogP contribution in [0.1, 0.15) is 10.5 Å². The molecule has 0 radical (unpaired) electrons. The SMILES string of the molecule is O=C(c1cc(Nc2ccc(F)cc2F)ccn1)N1CCOCC1. The lowest BCUT2D eigenvalue weighted by atomic mass is 10.2. The monoisotopic (exact) mass is 319 g/mol. The first kappa shape index (κ1) is 15.4. The molecule has 3 rings (SSSR count). The number of hydrogen-bond donors (Lipinski definition) is 1. The molecule has 23 heavy (non-hydrogen) atoms. The van der Waals surface area contributed by atoms with Gasteiger partial charge in [-0.25, -0.2) is 8.78 Å². The van der Waals surface area contributed by atoms with Gasteiger partial charge in [0.15, 0.2) is 0 Å². The lowest BCUT2D eigenvalue weighted by molar-refractivity contribution is 0.0299. The Hall–Kier alpha value is -2.54. The second-order valence-electron chi connectivity index (χ2n) is 5.08. The molecule has 0 saturated carbocycles. The number of nitrogens with one attached hydrogen (secondary N) is 1. The molecule has 1 aromatic heterocycles. The fourth-order valence-corrected chi connectivity index (χ4v) is 2.30. The second-order valence-corrected chi connectivity index (χ2v) is 5.08. The van der Waals surface area contributed by atoms with Gasteiger partial charge in [0, 0.05) is 31.0 Å². The molecule has 1 amide bonds. The summed E-state index contributed by atoms with van der Waals surface area (Å²) in [6.45, 7) is 2.05. The Morgan fingerprint density at radius 3 is 2.70 bits per heavy atom. The number of amides is 1. The van der Waals surface area contributed by atoms with Crippen molar-refractivity contribution in [2.24, 2.45) is 0 Å². The molecule has 1 aliphatic heterocycles. The summed E-state index contributed by atoms with van der Waals surface area (Å²) in [4.78, 5) is 18.1. The quantitative estimate of drug-likeness (QED) is 0.945. The van der Waals surface area contributed by atoms with Gasteiger partial charge in [-0.3, -0.25) is 9.78 Å². The first-order valence-corrected chi connectivity index (χ1v) is 7.18. The van der Waals surface area contributed by atoms with E-state index in [1.54, 1.807) is 17.0 Å². The predicted molar refractivity (Wildman–Crippen MR) is 80.6 cm³/mol. The topological polar surface area (TPSA) is 54.5 Å². The minimum Gasteiger partial charge on any atom is -0.378 e.